The summed E-state index contributed by atoms with van der Waals surface area (Å²) in [5.74, 6) is 0. The van der Waals surface area contributed by atoms with Gasteiger partial charge in [-0.1, -0.05) is 41.6 Å². The highest BCUT2D eigenvalue weighted by Gasteiger charge is 2.30. The lowest BCUT2D eigenvalue weighted by Gasteiger charge is -2.13. The average Bonchev–Trinajstić information content (AvgIpc) is 2.47. The molecule has 0 bridgehead atoms. The van der Waals surface area contributed by atoms with Gasteiger partial charge < -0.3 is 5.32 Å². The summed E-state index contributed by atoms with van der Waals surface area (Å²) in [4.78, 5) is 11.2. The molecule has 0 unspecified atom stereocenters. The minimum absolute atomic E-state index is 0.0862. The van der Waals surface area contributed by atoms with Crippen LogP contribution in [0.4, 0.5) is 4.79 Å². The van der Waals surface area contributed by atoms with E-state index in [1.54, 1.807) is 0 Å². The van der Waals surface area contributed by atoms with Crippen molar-refractivity contribution in [2.75, 3.05) is 0 Å². The zero-order chi connectivity index (χ0) is 10.1. The van der Waals surface area contributed by atoms with E-state index in [0.717, 1.165) is 0 Å². The summed E-state index contributed by atoms with van der Waals surface area (Å²) in [5, 5.41) is 3.26. The van der Waals surface area contributed by atoms with Crippen LogP contribution in [-0.2, 0) is 0 Å². The fourth-order valence-electron chi connectivity index (χ4n) is 1.63. The van der Waals surface area contributed by atoms with Crippen LogP contribution < -0.4 is 5.32 Å². The van der Waals surface area contributed by atoms with Gasteiger partial charge >= 0.3 is 0 Å². The highest BCUT2D eigenvalue weighted by molar-refractivity contribution is 8.14. The van der Waals surface area contributed by atoms with Crippen molar-refractivity contribution in [2.24, 2.45) is 0 Å². The maximum absolute atomic E-state index is 11.2. The van der Waals surface area contributed by atoms with Crippen LogP contribution in [0.1, 0.15) is 23.3 Å². The maximum atomic E-state index is 11.2. The van der Waals surface area contributed by atoms with Crippen LogP contribution in [0.15, 0.2) is 24.3 Å². The first-order chi connectivity index (χ1) is 6.66. The summed E-state index contributed by atoms with van der Waals surface area (Å²) < 4.78 is 0. The largest absolute Gasteiger partial charge is 0.343 e. The van der Waals surface area contributed by atoms with E-state index in [1.807, 2.05) is 6.92 Å². The van der Waals surface area contributed by atoms with Crippen LogP contribution >= 0.6 is 11.8 Å². The monoisotopic (exact) mass is 207 g/mol. The van der Waals surface area contributed by atoms with Crippen LogP contribution in [0.5, 0.6) is 0 Å². The lowest BCUT2D eigenvalue weighted by molar-refractivity contribution is 0.260. The van der Waals surface area contributed by atoms with Crippen LogP contribution in [0.2, 0.25) is 0 Å². The Hall–Kier alpha value is -0.960. The number of carbonyl (C=O) groups excluding carboxylic acids is 1. The molecular formula is C11H13NOS. The van der Waals surface area contributed by atoms with Crippen LogP contribution in [0.3, 0.4) is 0 Å². The Bertz CT molecular complexity index is 347. The van der Waals surface area contributed by atoms with Crippen LogP contribution in [0.25, 0.3) is 0 Å². The molecule has 0 aromatic heterocycles. The SMILES string of the molecule is Cc1ccc([C@@H]2SC(=O)N[C@H]2C)cc1. The molecule has 2 nitrogen and oxygen atoms in total. The van der Waals surface area contributed by atoms with Gasteiger partial charge in [0.1, 0.15) is 0 Å². The number of amides is 1. The second-order valence-corrected chi connectivity index (χ2v) is 4.78. The van der Waals surface area contributed by atoms with E-state index in [9.17, 15) is 4.79 Å². The molecule has 2 rings (SSSR count). The van der Waals surface area contributed by atoms with Crippen molar-refractivity contribution in [1.82, 2.24) is 5.32 Å². The number of hydrogen-bond donors (Lipinski definition) is 1. The van der Waals surface area contributed by atoms with Gasteiger partial charge in [-0.2, -0.15) is 0 Å². The molecule has 3 heteroatoms. The molecule has 74 valence electrons. The van der Waals surface area contributed by atoms with Gasteiger partial charge in [0.15, 0.2) is 0 Å². The summed E-state index contributed by atoms with van der Waals surface area (Å²) in [6.07, 6.45) is 0. The first-order valence-corrected chi connectivity index (χ1v) is 5.58. The smallest absolute Gasteiger partial charge is 0.279 e. The molecule has 1 saturated heterocycles. The third-order valence-corrected chi connectivity index (χ3v) is 3.71. The third kappa shape index (κ3) is 1.77. The Morgan fingerprint density at radius 1 is 1.29 bits per heavy atom. The Morgan fingerprint density at radius 2 is 1.93 bits per heavy atom. The highest BCUT2D eigenvalue weighted by Crippen LogP contribution is 2.37. The standard InChI is InChI=1S/C11H13NOS/c1-7-3-5-9(6-4-7)10-8(2)12-11(13)14-10/h3-6,8,10H,1-2H3,(H,12,13)/t8-,10+/m0/s1. The van der Waals surface area contributed by atoms with E-state index in [0.29, 0.717) is 0 Å². The fraction of sp³-hybridized carbons (Fsp3) is 0.364. The number of nitrogens with one attached hydrogen (secondary N) is 1. The van der Waals surface area contributed by atoms with Gasteiger partial charge in [-0.05, 0) is 19.4 Å². The molecule has 0 spiro atoms. The highest BCUT2D eigenvalue weighted by atomic mass is 32.2. The van der Waals surface area contributed by atoms with Crippen molar-refractivity contribution in [2.45, 2.75) is 25.1 Å². The van der Waals surface area contributed by atoms with Gasteiger partial charge in [0, 0.05) is 6.04 Å². The molecule has 0 aliphatic carbocycles. The summed E-state index contributed by atoms with van der Waals surface area (Å²) in [6, 6.07) is 8.61. The van der Waals surface area contributed by atoms with E-state index in [4.69, 9.17) is 0 Å². The van der Waals surface area contributed by atoms with Gasteiger partial charge in [-0.3, -0.25) is 4.79 Å². The topological polar surface area (TPSA) is 29.1 Å². The van der Waals surface area contributed by atoms with Crippen molar-refractivity contribution in [1.29, 1.82) is 0 Å². The summed E-state index contributed by atoms with van der Waals surface area (Å²) in [5.41, 5.74) is 2.48. The number of aryl methyl sites for hydroxylation is 1. The normalized spacial score (nSPS) is 26.3. The van der Waals surface area contributed by atoms with Crippen molar-refractivity contribution in [3.63, 3.8) is 0 Å². The van der Waals surface area contributed by atoms with Gasteiger partial charge in [0.2, 0.25) is 0 Å². The van der Waals surface area contributed by atoms with Crippen molar-refractivity contribution in [3.8, 4) is 0 Å². The van der Waals surface area contributed by atoms with E-state index in [1.165, 1.54) is 22.9 Å². The Balaban J connectivity index is 2.23. The molecule has 2 atom stereocenters. The van der Waals surface area contributed by atoms with Gasteiger partial charge in [-0.25, -0.2) is 0 Å². The number of carbonyl (C=O) groups is 1. The average molecular weight is 207 g/mol. The molecule has 0 saturated carbocycles. The van der Waals surface area contributed by atoms with Crippen molar-refractivity contribution >= 4 is 17.0 Å². The molecule has 1 aromatic carbocycles. The molecule has 1 aromatic rings. The van der Waals surface area contributed by atoms with E-state index in [-0.39, 0.29) is 16.5 Å². The zero-order valence-electron chi connectivity index (χ0n) is 8.28. The predicted molar refractivity (Wildman–Crippen MR) is 59.5 cm³/mol. The Morgan fingerprint density at radius 3 is 2.43 bits per heavy atom. The molecule has 1 heterocycles. The molecular weight excluding hydrogens is 194 g/mol. The lowest BCUT2D eigenvalue weighted by atomic mass is 10.1. The van der Waals surface area contributed by atoms with Crippen LogP contribution in [0, 0.1) is 6.92 Å². The second-order valence-electron chi connectivity index (χ2n) is 3.67. The van der Waals surface area contributed by atoms with Crippen molar-refractivity contribution < 1.29 is 4.79 Å². The first-order valence-electron chi connectivity index (χ1n) is 4.70. The summed E-state index contributed by atoms with van der Waals surface area (Å²) in [7, 11) is 0. The Kier molecular flexibility index (Phi) is 2.50. The molecule has 14 heavy (non-hydrogen) atoms. The minimum Gasteiger partial charge on any atom is -0.343 e. The molecule has 1 amide bonds. The van der Waals surface area contributed by atoms with Crippen molar-refractivity contribution in [3.05, 3.63) is 35.4 Å². The van der Waals surface area contributed by atoms with E-state index < -0.39 is 0 Å². The summed E-state index contributed by atoms with van der Waals surface area (Å²) in [6.45, 7) is 4.11. The molecule has 0 radical (unpaired) electrons. The molecule has 1 aliphatic heterocycles. The minimum atomic E-state index is 0.0862. The summed E-state index contributed by atoms with van der Waals surface area (Å²) >= 11 is 1.38. The van der Waals surface area contributed by atoms with Crippen LogP contribution in [-0.4, -0.2) is 11.3 Å². The van der Waals surface area contributed by atoms with E-state index in [2.05, 4.69) is 36.5 Å². The maximum Gasteiger partial charge on any atom is 0.279 e. The first kappa shape index (κ1) is 9.59. The predicted octanol–water partition coefficient (Wildman–Crippen LogP) is 2.88. The fourth-order valence-corrected chi connectivity index (χ4v) is 2.68. The quantitative estimate of drug-likeness (QED) is 0.767. The van der Waals surface area contributed by atoms with Gasteiger partial charge in [0.25, 0.3) is 5.24 Å². The van der Waals surface area contributed by atoms with Gasteiger partial charge in [0.05, 0.1) is 5.25 Å². The third-order valence-electron chi connectivity index (χ3n) is 2.44. The number of thioether (sulfide) groups is 1. The Labute approximate surface area is 88.1 Å². The molecule has 1 aliphatic rings. The number of hydrogen-bond acceptors (Lipinski definition) is 2. The lowest BCUT2D eigenvalue weighted by Crippen LogP contribution is -2.23. The zero-order valence-corrected chi connectivity index (χ0v) is 9.10. The molecule has 1 N–H and O–H groups in total. The number of benzene rings is 1. The second kappa shape index (κ2) is 3.65. The molecule has 1 fully saturated rings. The van der Waals surface area contributed by atoms with Gasteiger partial charge in [-0.15, -0.1) is 0 Å². The number of rotatable bonds is 1. The van der Waals surface area contributed by atoms with E-state index >= 15 is 0 Å².